The summed E-state index contributed by atoms with van der Waals surface area (Å²) in [5, 5.41) is 2.98. The number of benzene rings is 2. The van der Waals surface area contributed by atoms with Gasteiger partial charge in [0.05, 0.1) is 18.5 Å². The van der Waals surface area contributed by atoms with Crippen molar-refractivity contribution < 1.29 is 9.53 Å². The van der Waals surface area contributed by atoms with E-state index in [9.17, 15) is 4.79 Å². The standard InChI is InChI=1S/C17H18N2O2/c1-21-14-9-10-16-15(12-14)18-17(20)8-5-11-19(16)13-6-3-2-4-7-13/h2-4,6-7,9-10,12H,5,8,11H2,1H3,(H,18,20). The van der Waals surface area contributed by atoms with Crippen molar-refractivity contribution in [3.05, 3.63) is 48.5 Å². The lowest BCUT2D eigenvalue weighted by molar-refractivity contribution is -0.116. The molecule has 0 spiro atoms. The van der Waals surface area contributed by atoms with Gasteiger partial charge in [0, 0.05) is 24.7 Å². The summed E-state index contributed by atoms with van der Waals surface area (Å²) in [5.74, 6) is 0.792. The monoisotopic (exact) mass is 282 g/mol. The van der Waals surface area contributed by atoms with E-state index < -0.39 is 0 Å². The Bertz CT molecular complexity index is 640. The largest absolute Gasteiger partial charge is 0.497 e. The Morgan fingerprint density at radius 2 is 1.95 bits per heavy atom. The first-order chi connectivity index (χ1) is 10.3. The average Bonchev–Trinajstić information content (AvgIpc) is 2.51. The van der Waals surface area contributed by atoms with Gasteiger partial charge < -0.3 is 15.0 Å². The van der Waals surface area contributed by atoms with Crippen molar-refractivity contribution in [1.82, 2.24) is 0 Å². The topological polar surface area (TPSA) is 41.6 Å². The van der Waals surface area contributed by atoms with Crippen LogP contribution in [0.4, 0.5) is 17.1 Å². The molecule has 0 saturated carbocycles. The highest BCUT2D eigenvalue weighted by molar-refractivity contribution is 5.96. The van der Waals surface area contributed by atoms with Crippen LogP contribution in [0, 0.1) is 0 Å². The van der Waals surface area contributed by atoms with Crippen molar-refractivity contribution in [3.8, 4) is 5.75 Å². The van der Waals surface area contributed by atoms with Gasteiger partial charge in [-0.25, -0.2) is 0 Å². The van der Waals surface area contributed by atoms with E-state index >= 15 is 0 Å². The van der Waals surface area contributed by atoms with Crippen molar-refractivity contribution in [2.45, 2.75) is 12.8 Å². The number of hydrogen-bond acceptors (Lipinski definition) is 3. The van der Waals surface area contributed by atoms with Crippen LogP contribution in [-0.4, -0.2) is 19.6 Å². The van der Waals surface area contributed by atoms with Crippen molar-refractivity contribution >= 4 is 23.0 Å². The average molecular weight is 282 g/mol. The quantitative estimate of drug-likeness (QED) is 0.915. The maximum Gasteiger partial charge on any atom is 0.224 e. The zero-order chi connectivity index (χ0) is 14.7. The lowest BCUT2D eigenvalue weighted by Crippen LogP contribution is -2.25. The molecule has 1 heterocycles. The maximum absolute atomic E-state index is 11.9. The zero-order valence-corrected chi connectivity index (χ0v) is 12.0. The van der Waals surface area contributed by atoms with Crippen molar-refractivity contribution in [1.29, 1.82) is 0 Å². The summed E-state index contributed by atoms with van der Waals surface area (Å²) in [7, 11) is 1.63. The summed E-state index contributed by atoms with van der Waals surface area (Å²) >= 11 is 0. The molecule has 0 bridgehead atoms. The highest BCUT2D eigenvalue weighted by Gasteiger charge is 2.19. The number of nitrogens with zero attached hydrogens (tertiary/aromatic N) is 1. The van der Waals surface area contributed by atoms with Gasteiger partial charge in [-0.1, -0.05) is 18.2 Å². The fraction of sp³-hybridized carbons (Fsp3) is 0.235. The van der Waals surface area contributed by atoms with E-state index in [1.165, 1.54) is 0 Å². The molecule has 0 unspecified atom stereocenters. The smallest absolute Gasteiger partial charge is 0.224 e. The molecule has 4 heteroatoms. The third-order valence-corrected chi connectivity index (χ3v) is 3.62. The first-order valence-electron chi connectivity index (χ1n) is 7.08. The minimum Gasteiger partial charge on any atom is -0.497 e. The highest BCUT2D eigenvalue weighted by atomic mass is 16.5. The summed E-state index contributed by atoms with van der Waals surface area (Å²) in [4.78, 5) is 14.1. The summed E-state index contributed by atoms with van der Waals surface area (Å²) < 4.78 is 5.26. The molecular formula is C17H18N2O2. The number of fused-ring (bicyclic) bond motifs is 1. The van der Waals surface area contributed by atoms with Gasteiger partial charge >= 0.3 is 0 Å². The Balaban J connectivity index is 2.07. The number of hydrogen-bond donors (Lipinski definition) is 1. The Kier molecular flexibility index (Phi) is 3.77. The van der Waals surface area contributed by atoms with Gasteiger partial charge in [-0.2, -0.15) is 0 Å². The number of anilines is 3. The molecule has 3 rings (SSSR count). The molecule has 21 heavy (non-hydrogen) atoms. The zero-order valence-electron chi connectivity index (χ0n) is 12.0. The Morgan fingerprint density at radius 1 is 1.14 bits per heavy atom. The summed E-state index contributed by atoms with van der Waals surface area (Å²) in [5.41, 5.74) is 2.91. The number of ether oxygens (including phenoxy) is 1. The molecule has 0 atom stereocenters. The molecule has 2 aromatic carbocycles. The van der Waals surface area contributed by atoms with Crippen LogP contribution in [0.1, 0.15) is 12.8 Å². The molecule has 0 aromatic heterocycles. The highest BCUT2D eigenvalue weighted by Crippen LogP contribution is 2.36. The van der Waals surface area contributed by atoms with Crippen LogP contribution in [0.15, 0.2) is 48.5 Å². The van der Waals surface area contributed by atoms with Gasteiger partial charge in [0.15, 0.2) is 0 Å². The maximum atomic E-state index is 11.9. The van der Waals surface area contributed by atoms with Gasteiger partial charge in [-0.15, -0.1) is 0 Å². The normalized spacial score (nSPS) is 14.7. The SMILES string of the molecule is COc1ccc2c(c1)NC(=O)CCCN2c1ccccc1. The van der Waals surface area contributed by atoms with Crippen LogP contribution in [0.3, 0.4) is 0 Å². The molecule has 0 saturated heterocycles. The Morgan fingerprint density at radius 3 is 2.71 bits per heavy atom. The Labute approximate surface area is 124 Å². The number of rotatable bonds is 2. The third kappa shape index (κ3) is 2.84. The van der Waals surface area contributed by atoms with E-state index in [2.05, 4.69) is 22.3 Å². The minimum atomic E-state index is 0.0530. The van der Waals surface area contributed by atoms with E-state index in [1.807, 2.05) is 36.4 Å². The fourth-order valence-corrected chi connectivity index (χ4v) is 2.58. The molecule has 0 radical (unpaired) electrons. The number of carbonyl (C=O) groups is 1. The number of carbonyl (C=O) groups excluding carboxylic acids is 1. The first-order valence-corrected chi connectivity index (χ1v) is 7.08. The van der Waals surface area contributed by atoms with Crippen LogP contribution in [0.5, 0.6) is 5.75 Å². The van der Waals surface area contributed by atoms with Crippen LogP contribution >= 0.6 is 0 Å². The molecule has 4 nitrogen and oxygen atoms in total. The van der Waals surface area contributed by atoms with Gasteiger partial charge in [0.1, 0.15) is 5.75 Å². The third-order valence-electron chi connectivity index (χ3n) is 3.62. The van der Waals surface area contributed by atoms with Gasteiger partial charge in [0.25, 0.3) is 0 Å². The first kappa shape index (κ1) is 13.5. The second-order valence-electron chi connectivity index (χ2n) is 5.02. The molecule has 1 N–H and O–H groups in total. The van der Waals surface area contributed by atoms with Crippen molar-refractivity contribution in [2.24, 2.45) is 0 Å². The lowest BCUT2D eigenvalue weighted by Gasteiger charge is -2.29. The Hall–Kier alpha value is -2.49. The molecule has 1 amide bonds. The second kappa shape index (κ2) is 5.87. The predicted molar refractivity (Wildman–Crippen MR) is 84.3 cm³/mol. The predicted octanol–water partition coefficient (Wildman–Crippen LogP) is 3.57. The van der Waals surface area contributed by atoms with E-state index in [0.29, 0.717) is 6.42 Å². The fourth-order valence-electron chi connectivity index (χ4n) is 2.58. The molecule has 108 valence electrons. The molecular weight excluding hydrogens is 264 g/mol. The van der Waals surface area contributed by atoms with Crippen LogP contribution in [0.25, 0.3) is 0 Å². The lowest BCUT2D eigenvalue weighted by atomic mass is 10.1. The van der Waals surface area contributed by atoms with E-state index in [0.717, 1.165) is 35.8 Å². The van der Waals surface area contributed by atoms with Gasteiger partial charge in [-0.05, 0) is 30.7 Å². The van der Waals surface area contributed by atoms with E-state index in [1.54, 1.807) is 7.11 Å². The van der Waals surface area contributed by atoms with E-state index in [4.69, 9.17) is 4.74 Å². The summed E-state index contributed by atoms with van der Waals surface area (Å²) in [6, 6.07) is 16.0. The van der Waals surface area contributed by atoms with Gasteiger partial charge in [0.2, 0.25) is 5.91 Å². The number of nitrogens with one attached hydrogen (secondary N) is 1. The number of para-hydroxylation sites is 1. The van der Waals surface area contributed by atoms with Crippen molar-refractivity contribution in [2.75, 3.05) is 23.9 Å². The molecule has 1 aliphatic rings. The second-order valence-corrected chi connectivity index (χ2v) is 5.02. The summed E-state index contributed by atoms with van der Waals surface area (Å²) in [6.45, 7) is 0.816. The van der Waals surface area contributed by atoms with E-state index in [-0.39, 0.29) is 5.91 Å². The van der Waals surface area contributed by atoms with Crippen LogP contribution in [0.2, 0.25) is 0 Å². The van der Waals surface area contributed by atoms with Crippen LogP contribution in [-0.2, 0) is 4.79 Å². The molecule has 0 aliphatic carbocycles. The minimum absolute atomic E-state index is 0.0530. The number of amides is 1. The van der Waals surface area contributed by atoms with Gasteiger partial charge in [-0.3, -0.25) is 4.79 Å². The van der Waals surface area contributed by atoms with Crippen molar-refractivity contribution in [3.63, 3.8) is 0 Å². The molecule has 1 aliphatic heterocycles. The summed E-state index contributed by atoms with van der Waals surface area (Å²) in [6.07, 6.45) is 1.35. The molecule has 0 fully saturated rings. The molecule has 2 aromatic rings. The number of methoxy groups -OCH3 is 1. The van der Waals surface area contributed by atoms with Crippen LogP contribution < -0.4 is 15.0 Å².